The van der Waals surface area contributed by atoms with E-state index < -0.39 is 0 Å². The summed E-state index contributed by atoms with van der Waals surface area (Å²) in [6, 6.07) is 15.7. The Balaban J connectivity index is 2.02. The number of hydrogen-bond acceptors (Lipinski definition) is 5. The van der Waals surface area contributed by atoms with Crippen molar-refractivity contribution in [1.29, 1.82) is 0 Å². The summed E-state index contributed by atoms with van der Waals surface area (Å²) in [5.74, 6) is -0.224. The molecule has 128 valence electrons. The highest BCUT2D eigenvalue weighted by Gasteiger charge is 2.19. The summed E-state index contributed by atoms with van der Waals surface area (Å²) < 4.78 is 16.0. The summed E-state index contributed by atoms with van der Waals surface area (Å²) in [6.45, 7) is 0. The molecule has 3 rings (SSSR count). The first kappa shape index (κ1) is 17.1. The smallest absolute Gasteiger partial charge is 0.253 e. The van der Waals surface area contributed by atoms with Crippen LogP contribution in [-0.2, 0) is 9.63 Å². The van der Waals surface area contributed by atoms with Crippen LogP contribution in [0.3, 0.4) is 0 Å². The van der Waals surface area contributed by atoms with Gasteiger partial charge in [0.25, 0.3) is 5.91 Å². The molecule has 1 aromatic heterocycles. The van der Waals surface area contributed by atoms with Crippen LogP contribution in [-0.4, -0.2) is 33.5 Å². The van der Waals surface area contributed by atoms with Crippen LogP contribution in [0.15, 0.2) is 59.8 Å². The second-order valence-corrected chi connectivity index (χ2v) is 5.92. The first-order valence-electron chi connectivity index (χ1n) is 7.41. The molecule has 0 aliphatic carbocycles. The van der Waals surface area contributed by atoms with E-state index in [2.05, 4.69) is 20.5 Å². The van der Waals surface area contributed by atoms with E-state index in [0.717, 1.165) is 5.69 Å². The molecule has 3 aromatic rings. The number of carbonyl (C=O) groups excluding carboxylic acids is 1. The van der Waals surface area contributed by atoms with Crippen molar-refractivity contribution in [1.82, 2.24) is 20.2 Å². The predicted octanol–water partition coefficient (Wildman–Crippen LogP) is 2.84. The Morgan fingerprint density at radius 3 is 2.60 bits per heavy atom. The Morgan fingerprint density at radius 2 is 1.88 bits per heavy atom. The van der Waals surface area contributed by atoms with E-state index in [4.69, 9.17) is 0 Å². The number of carbonyl (C=O) groups is 1. The maximum atomic E-state index is 14.2. The molecule has 0 spiro atoms. The summed E-state index contributed by atoms with van der Waals surface area (Å²) in [7, 11) is 1.37. The van der Waals surface area contributed by atoms with Gasteiger partial charge in [0.2, 0.25) is 0 Å². The normalized spacial score (nSPS) is 10.6. The average molecular weight is 358 g/mol. The van der Waals surface area contributed by atoms with Gasteiger partial charge in [-0.25, -0.2) is 9.87 Å². The summed E-state index contributed by atoms with van der Waals surface area (Å²) in [4.78, 5) is 16.2. The Labute approximate surface area is 148 Å². The second kappa shape index (κ2) is 7.91. The lowest BCUT2D eigenvalue weighted by molar-refractivity contribution is -0.128. The molecule has 0 aliphatic heterocycles. The fourth-order valence-corrected chi connectivity index (χ4v) is 3.00. The van der Waals surface area contributed by atoms with Crippen LogP contribution in [0.1, 0.15) is 0 Å². The van der Waals surface area contributed by atoms with Crippen molar-refractivity contribution in [2.75, 3.05) is 12.9 Å². The molecule has 0 bridgehead atoms. The molecule has 0 saturated carbocycles. The zero-order valence-electron chi connectivity index (χ0n) is 13.3. The number of nitrogens with zero attached hydrogens (tertiary/aromatic N) is 3. The minimum absolute atomic E-state index is 0.0933. The zero-order valence-corrected chi connectivity index (χ0v) is 14.2. The zero-order chi connectivity index (χ0) is 17.6. The molecule has 0 atom stereocenters. The van der Waals surface area contributed by atoms with Crippen molar-refractivity contribution in [3.05, 3.63) is 60.4 Å². The van der Waals surface area contributed by atoms with Crippen molar-refractivity contribution in [2.24, 2.45) is 0 Å². The molecule has 0 aliphatic rings. The van der Waals surface area contributed by atoms with E-state index in [1.165, 1.54) is 24.9 Å². The number of nitrogens with one attached hydrogen (secondary N) is 1. The second-order valence-electron chi connectivity index (χ2n) is 4.98. The van der Waals surface area contributed by atoms with Gasteiger partial charge in [-0.3, -0.25) is 14.2 Å². The van der Waals surface area contributed by atoms with Crippen molar-refractivity contribution in [2.45, 2.75) is 5.16 Å². The lowest BCUT2D eigenvalue weighted by atomic mass is 10.2. The summed E-state index contributed by atoms with van der Waals surface area (Å²) in [5.41, 5.74) is 3.36. The van der Waals surface area contributed by atoms with Gasteiger partial charge < -0.3 is 0 Å². The number of para-hydroxylation sites is 1. The molecule has 1 amide bonds. The molecule has 25 heavy (non-hydrogen) atoms. The van der Waals surface area contributed by atoms with Crippen LogP contribution in [0.5, 0.6) is 0 Å². The number of thioether (sulfide) groups is 1. The molecule has 1 N–H and O–H groups in total. The van der Waals surface area contributed by atoms with E-state index >= 15 is 0 Å². The highest BCUT2D eigenvalue weighted by atomic mass is 32.2. The van der Waals surface area contributed by atoms with Crippen molar-refractivity contribution in [3.63, 3.8) is 0 Å². The molecule has 0 saturated heterocycles. The summed E-state index contributed by atoms with van der Waals surface area (Å²) in [6.07, 6.45) is 0. The third-order valence-electron chi connectivity index (χ3n) is 3.31. The SMILES string of the molecule is CONC(=O)CSc1nnc(-c2ccccc2F)n1-c1ccccc1. The van der Waals surface area contributed by atoms with Crippen LogP contribution < -0.4 is 5.48 Å². The van der Waals surface area contributed by atoms with Crippen molar-refractivity contribution >= 4 is 17.7 Å². The number of aromatic nitrogens is 3. The lowest BCUT2D eigenvalue weighted by Crippen LogP contribution is -2.23. The average Bonchev–Trinajstić information content (AvgIpc) is 3.05. The van der Waals surface area contributed by atoms with E-state index in [0.29, 0.717) is 16.5 Å². The van der Waals surface area contributed by atoms with Gasteiger partial charge in [-0.15, -0.1) is 10.2 Å². The number of amides is 1. The van der Waals surface area contributed by atoms with Crippen LogP contribution in [0.2, 0.25) is 0 Å². The molecule has 8 heteroatoms. The molecule has 1 heterocycles. The fourth-order valence-electron chi connectivity index (χ4n) is 2.26. The Bertz CT molecular complexity index is 870. The molecule has 0 radical (unpaired) electrons. The number of hydrogen-bond donors (Lipinski definition) is 1. The minimum Gasteiger partial charge on any atom is -0.277 e. The third kappa shape index (κ3) is 3.86. The van der Waals surface area contributed by atoms with Crippen LogP contribution in [0.4, 0.5) is 4.39 Å². The lowest BCUT2D eigenvalue weighted by Gasteiger charge is -2.10. The van der Waals surface area contributed by atoms with Gasteiger partial charge in [-0.1, -0.05) is 42.1 Å². The molecule has 2 aromatic carbocycles. The summed E-state index contributed by atoms with van der Waals surface area (Å²) in [5, 5.41) is 8.75. The fraction of sp³-hybridized carbons (Fsp3) is 0.118. The van der Waals surface area contributed by atoms with Crippen molar-refractivity contribution < 1.29 is 14.0 Å². The Kier molecular flexibility index (Phi) is 5.42. The maximum Gasteiger partial charge on any atom is 0.253 e. The highest BCUT2D eigenvalue weighted by Crippen LogP contribution is 2.29. The number of hydroxylamine groups is 1. The highest BCUT2D eigenvalue weighted by molar-refractivity contribution is 7.99. The Morgan fingerprint density at radius 1 is 1.16 bits per heavy atom. The van der Waals surface area contributed by atoms with Crippen LogP contribution >= 0.6 is 11.8 Å². The van der Waals surface area contributed by atoms with Gasteiger partial charge in [0.1, 0.15) is 5.82 Å². The molecule has 0 fully saturated rings. The van der Waals surface area contributed by atoms with E-state index in [9.17, 15) is 9.18 Å². The molecule has 0 unspecified atom stereocenters. The molecular weight excluding hydrogens is 343 g/mol. The van der Waals surface area contributed by atoms with Crippen LogP contribution in [0, 0.1) is 5.82 Å². The number of halogens is 1. The predicted molar refractivity (Wildman–Crippen MR) is 92.6 cm³/mol. The number of rotatable bonds is 6. The molecule has 6 nitrogen and oxygen atoms in total. The van der Waals surface area contributed by atoms with Gasteiger partial charge in [-0.05, 0) is 24.3 Å². The van der Waals surface area contributed by atoms with E-state index in [1.54, 1.807) is 22.8 Å². The van der Waals surface area contributed by atoms with E-state index in [-0.39, 0.29) is 17.5 Å². The maximum absolute atomic E-state index is 14.2. The monoisotopic (exact) mass is 358 g/mol. The van der Waals surface area contributed by atoms with Gasteiger partial charge in [0.05, 0.1) is 18.4 Å². The molecular formula is C17H15FN4O2S. The number of benzene rings is 2. The van der Waals surface area contributed by atoms with Gasteiger partial charge >= 0.3 is 0 Å². The third-order valence-corrected chi connectivity index (χ3v) is 4.24. The Hall–Kier alpha value is -2.71. The first-order valence-corrected chi connectivity index (χ1v) is 8.39. The standard InChI is InChI=1S/C17H15FN4O2S/c1-24-21-15(23)11-25-17-20-19-16(13-9-5-6-10-14(13)18)22(17)12-7-3-2-4-8-12/h2-10H,11H2,1H3,(H,21,23). The van der Waals surface area contributed by atoms with E-state index in [1.807, 2.05) is 30.3 Å². The van der Waals surface area contributed by atoms with Gasteiger partial charge in [-0.2, -0.15) is 0 Å². The largest absolute Gasteiger partial charge is 0.277 e. The summed E-state index contributed by atoms with van der Waals surface area (Å²) >= 11 is 1.19. The van der Waals surface area contributed by atoms with Crippen molar-refractivity contribution in [3.8, 4) is 17.1 Å². The van der Waals surface area contributed by atoms with Gasteiger partial charge in [0, 0.05) is 5.69 Å². The van der Waals surface area contributed by atoms with Gasteiger partial charge in [0.15, 0.2) is 11.0 Å². The first-order chi connectivity index (χ1) is 12.2. The quantitative estimate of drug-likeness (QED) is 0.542. The van der Waals surface area contributed by atoms with Crippen LogP contribution in [0.25, 0.3) is 17.1 Å². The topological polar surface area (TPSA) is 69.0 Å². The minimum atomic E-state index is -0.388.